The van der Waals surface area contributed by atoms with Gasteiger partial charge in [-0.3, -0.25) is 4.90 Å². The van der Waals surface area contributed by atoms with Crippen LogP contribution in [-0.4, -0.2) is 36.7 Å². The second-order valence-corrected chi connectivity index (χ2v) is 5.79. The number of ether oxygens (including phenoxy) is 1. The molecule has 1 aromatic carbocycles. The zero-order valence-corrected chi connectivity index (χ0v) is 11.6. The van der Waals surface area contributed by atoms with Gasteiger partial charge in [0.1, 0.15) is 11.9 Å². The maximum Gasteiger partial charge on any atom is 0.123 e. The molecule has 0 aromatic heterocycles. The summed E-state index contributed by atoms with van der Waals surface area (Å²) in [5, 5.41) is 0. The fourth-order valence-corrected chi connectivity index (χ4v) is 3.36. The van der Waals surface area contributed by atoms with Crippen LogP contribution in [0.15, 0.2) is 24.3 Å². The number of nitrogens with two attached hydrogens (primary N) is 1. The molecule has 0 saturated carbocycles. The van der Waals surface area contributed by atoms with E-state index >= 15 is 0 Å². The first-order valence-electron chi connectivity index (χ1n) is 7.55. The van der Waals surface area contributed by atoms with Crippen molar-refractivity contribution in [3.8, 4) is 5.75 Å². The molecule has 1 fully saturated rings. The zero-order chi connectivity index (χ0) is 13.1. The van der Waals surface area contributed by atoms with Crippen molar-refractivity contribution < 1.29 is 4.74 Å². The lowest BCUT2D eigenvalue weighted by Gasteiger charge is -2.30. The molecule has 2 aliphatic rings. The van der Waals surface area contributed by atoms with Crippen molar-refractivity contribution >= 4 is 0 Å². The highest BCUT2D eigenvalue weighted by Crippen LogP contribution is 2.29. The molecule has 0 aliphatic carbocycles. The second-order valence-electron chi connectivity index (χ2n) is 5.79. The second kappa shape index (κ2) is 5.93. The van der Waals surface area contributed by atoms with Crippen LogP contribution in [0.2, 0.25) is 0 Å². The molecular weight excluding hydrogens is 236 g/mol. The predicted octanol–water partition coefficient (Wildman–Crippen LogP) is 2.19. The Kier molecular flexibility index (Phi) is 4.04. The van der Waals surface area contributed by atoms with E-state index in [0.29, 0.717) is 12.1 Å². The molecule has 0 radical (unpaired) electrons. The number of likely N-dealkylation sites (tertiary alicyclic amines) is 1. The van der Waals surface area contributed by atoms with Gasteiger partial charge in [0, 0.05) is 25.6 Å². The van der Waals surface area contributed by atoms with Crippen LogP contribution < -0.4 is 10.5 Å². The van der Waals surface area contributed by atoms with Crippen molar-refractivity contribution in [2.75, 3.05) is 19.6 Å². The minimum Gasteiger partial charge on any atom is -0.488 e. The van der Waals surface area contributed by atoms with Gasteiger partial charge < -0.3 is 10.5 Å². The summed E-state index contributed by atoms with van der Waals surface area (Å²) in [5.41, 5.74) is 7.29. The van der Waals surface area contributed by atoms with Crippen LogP contribution in [0, 0.1) is 0 Å². The topological polar surface area (TPSA) is 38.5 Å². The summed E-state index contributed by atoms with van der Waals surface area (Å²) in [6, 6.07) is 8.96. The molecule has 19 heavy (non-hydrogen) atoms. The van der Waals surface area contributed by atoms with Crippen molar-refractivity contribution in [3.63, 3.8) is 0 Å². The highest BCUT2D eigenvalue weighted by atomic mass is 16.5. The van der Waals surface area contributed by atoms with Gasteiger partial charge in [-0.2, -0.15) is 0 Å². The van der Waals surface area contributed by atoms with Gasteiger partial charge in [-0.25, -0.2) is 0 Å². The fraction of sp³-hybridized carbons (Fsp3) is 0.625. The first-order valence-corrected chi connectivity index (χ1v) is 7.55. The summed E-state index contributed by atoms with van der Waals surface area (Å²) >= 11 is 0. The van der Waals surface area contributed by atoms with Gasteiger partial charge in [-0.1, -0.05) is 31.0 Å². The Hall–Kier alpha value is -1.06. The Balaban J connectivity index is 1.62. The predicted molar refractivity (Wildman–Crippen MR) is 77.4 cm³/mol. The summed E-state index contributed by atoms with van der Waals surface area (Å²) in [6.45, 7) is 2.98. The third kappa shape index (κ3) is 2.93. The smallest absolute Gasteiger partial charge is 0.123 e. The minimum atomic E-state index is 0.310. The van der Waals surface area contributed by atoms with E-state index < -0.39 is 0 Å². The number of benzene rings is 1. The van der Waals surface area contributed by atoms with Crippen molar-refractivity contribution in [3.05, 3.63) is 29.8 Å². The molecule has 0 bridgehead atoms. The standard InChI is InChI=1S/C16H24N2O/c17-11-14-7-2-1-5-9-18(14)12-15-10-13-6-3-4-8-16(13)19-15/h3-4,6,8,14-15H,1-2,5,7,9-12,17H2. The van der Waals surface area contributed by atoms with E-state index in [2.05, 4.69) is 29.2 Å². The van der Waals surface area contributed by atoms with Crippen LogP contribution in [0.5, 0.6) is 5.75 Å². The summed E-state index contributed by atoms with van der Waals surface area (Å²) in [7, 11) is 0. The number of nitrogens with zero attached hydrogens (tertiary/aromatic N) is 1. The monoisotopic (exact) mass is 260 g/mol. The van der Waals surface area contributed by atoms with Gasteiger partial charge in [-0.15, -0.1) is 0 Å². The van der Waals surface area contributed by atoms with Crippen LogP contribution in [0.4, 0.5) is 0 Å². The molecule has 2 atom stereocenters. The van der Waals surface area contributed by atoms with E-state index in [1.165, 1.54) is 37.8 Å². The van der Waals surface area contributed by atoms with Crippen molar-refractivity contribution in [1.82, 2.24) is 4.90 Å². The van der Waals surface area contributed by atoms with Crippen LogP contribution >= 0.6 is 0 Å². The van der Waals surface area contributed by atoms with Crippen LogP contribution in [0.25, 0.3) is 0 Å². The third-order valence-corrected chi connectivity index (χ3v) is 4.42. The van der Waals surface area contributed by atoms with Gasteiger partial charge in [-0.05, 0) is 31.0 Å². The molecule has 2 unspecified atom stereocenters. The number of hydrogen-bond acceptors (Lipinski definition) is 3. The summed E-state index contributed by atoms with van der Waals surface area (Å²) in [4.78, 5) is 2.56. The van der Waals surface area contributed by atoms with Crippen molar-refractivity contribution in [2.45, 2.75) is 44.2 Å². The number of fused-ring (bicyclic) bond motifs is 1. The maximum absolute atomic E-state index is 6.06. The molecule has 1 saturated heterocycles. The Morgan fingerprint density at radius 3 is 2.95 bits per heavy atom. The molecule has 104 valence electrons. The average molecular weight is 260 g/mol. The SMILES string of the molecule is NCC1CCCCCN1CC1Cc2ccccc2O1. The maximum atomic E-state index is 6.06. The van der Waals surface area contributed by atoms with Crippen LogP contribution in [0.1, 0.15) is 31.2 Å². The normalized spacial score (nSPS) is 27.6. The Bertz CT molecular complexity index is 396. The summed E-state index contributed by atoms with van der Waals surface area (Å²) in [6.07, 6.45) is 6.57. The Labute approximate surface area is 115 Å². The van der Waals surface area contributed by atoms with Gasteiger partial charge in [0.25, 0.3) is 0 Å². The molecule has 3 nitrogen and oxygen atoms in total. The molecule has 3 heteroatoms. The Morgan fingerprint density at radius 1 is 1.21 bits per heavy atom. The summed E-state index contributed by atoms with van der Waals surface area (Å²) < 4.78 is 6.06. The lowest BCUT2D eigenvalue weighted by atomic mass is 10.1. The molecule has 0 amide bonds. The molecule has 2 aliphatic heterocycles. The van der Waals surface area contributed by atoms with Crippen molar-refractivity contribution in [1.29, 1.82) is 0 Å². The van der Waals surface area contributed by atoms with Gasteiger partial charge >= 0.3 is 0 Å². The van der Waals surface area contributed by atoms with E-state index in [0.717, 1.165) is 25.3 Å². The number of para-hydroxylation sites is 1. The summed E-state index contributed by atoms with van der Waals surface area (Å²) in [5.74, 6) is 1.08. The van der Waals surface area contributed by atoms with Gasteiger partial charge in [0.15, 0.2) is 0 Å². The van der Waals surface area contributed by atoms with E-state index in [-0.39, 0.29) is 0 Å². The van der Waals surface area contributed by atoms with E-state index in [9.17, 15) is 0 Å². The average Bonchev–Trinajstić information content (AvgIpc) is 2.70. The molecule has 3 rings (SSSR count). The number of hydrogen-bond donors (Lipinski definition) is 1. The zero-order valence-electron chi connectivity index (χ0n) is 11.6. The molecular formula is C16H24N2O. The largest absolute Gasteiger partial charge is 0.488 e. The van der Waals surface area contributed by atoms with E-state index in [1.54, 1.807) is 0 Å². The quantitative estimate of drug-likeness (QED) is 0.905. The first-order chi connectivity index (χ1) is 9.36. The van der Waals surface area contributed by atoms with E-state index in [1.807, 2.05) is 0 Å². The van der Waals surface area contributed by atoms with Gasteiger partial charge in [0.2, 0.25) is 0 Å². The minimum absolute atomic E-state index is 0.310. The highest BCUT2D eigenvalue weighted by molar-refractivity contribution is 5.37. The molecule has 1 aromatic rings. The number of rotatable bonds is 3. The Morgan fingerprint density at radius 2 is 2.11 bits per heavy atom. The molecule has 2 N–H and O–H groups in total. The van der Waals surface area contributed by atoms with Gasteiger partial charge in [0.05, 0.1) is 0 Å². The van der Waals surface area contributed by atoms with Crippen LogP contribution in [-0.2, 0) is 6.42 Å². The fourth-order valence-electron chi connectivity index (χ4n) is 3.36. The lowest BCUT2D eigenvalue weighted by Crippen LogP contribution is -2.45. The van der Waals surface area contributed by atoms with Crippen molar-refractivity contribution in [2.24, 2.45) is 5.73 Å². The first kappa shape index (κ1) is 12.9. The third-order valence-electron chi connectivity index (χ3n) is 4.42. The lowest BCUT2D eigenvalue weighted by molar-refractivity contribution is 0.120. The highest BCUT2D eigenvalue weighted by Gasteiger charge is 2.27. The molecule has 2 heterocycles. The van der Waals surface area contributed by atoms with Crippen LogP contribution in [0.3, 0.4) is 0 Å². The van der Waals surface area contributed by atoms with E-state index in [4.69, 9.17) is 10.5 Å². The molecule has 0 spiro atoms.